The topological polar surface area (TPSA) is 69.3 Å². The first-order chi connectivity index (χ1) is 12.4. The smallest absolute Gasteiger partial charge is 0.274 e. The fourth-order valence-corrected chi connectivity index (χ4v) is 3.01. The average Bonchev–Trinajstić information content (AvgIpc) is 3.11. The molecule has 8 heteroatoms. The van der Waals surface area contributed by atoms with Crippen molar-refractivity contribution in [3.05, 3.63) is 52.1 Å². The summed E-state index contributed by atoms with van der Waals surface area (Å²) in [6.07, 6.45) is 0. The third-order valence-corrected chi connectivity index (χ3v) is 4.69. The molecule has 0 aliphatic carbocycles. The first kappa shape index (κ1) is 18.4. The minimum Gasteiger partial charge on any atom is -0.335 e. The fraction of sp³-hybridized carbons (Fsp3) is 0.389. The second kappa shape index (κ2) is 7.45. The molecule has 2 heterocycles. The van der Waals surface area contributed by atoms with E-state index in [1.807, 2.05) is 13.8 Å². The number of H-pyrrole nitrogens is 1. The van der Waals surface area contributed by atoms with E-state index in [0.29, 0.717) is 31.9 Å². The van der Waals surface area contributed by atoms with Crippen molar-refractivity contribution in [1.29, 1.82) is 0 Å². The van der Waals surface area contributed by atoms with Gasteiger partial charge in [-0.15, -0.1) is 0 Å². The van der Waals surface area contributed by atoms with Crippen molar-refractivity contribution in [2.24, 2.45) is 0 Å². The number of hydrogen-bond acceptors (Lipinski definition) is 3. The first-order valence-corrected chi connectivity index (χ1v) is 8.83. The van der Waals surface area contributed by atoms with E-state index in [9.17, 15) is 14.0 Å². The van der Waals surface area contributed by atoms with Gasteiger partial charge in [-0.2, -0.15) is 5.10 Å². The summed E-state index contributed by atoms with van der Waals surface area (Å²) in [5.74, 6) is -0.947. The maximum Gasteiger partial charge on any atom is 0.274 e. The Labute approximate surface area is 155 Å². The van der Waals surface area contributed by atoms with Gasteiger partial charge in [0, 0.05) is 36.9 Å². The molecule has 2 amide bonds. The molecule has 26 heavy (non-hydrogen) atoms. The van der Waals surface area contributed by atoms with Crippen LogP contribution in [0.5, 0.6) is 0 Å². The van der Waals surface area contributed by atoms with Gasteiger partial charge in [0.15, 0.2) is 0 Å². The fourth-order valence-electron chi connectivity index (χ4n) is 2.85. The highest BCUT2D eigenvalue weighted by Crippen LogP contribution is 2.18. The van der Waals surface area contributed by atoms with Gasteiger partial charge in [-0.1, -0.05) is 25.4 Å². The highest BCUT2D eigenvalue weighted by atomic mass is 35.5. The Bertz CT molecular complexity index is 828. The summed E-state index contributed by atoms with van der Waals surface area (Å²) >= 11 is 5.72. The van der Waals surface area contributed by atoms with Crippen LogP contribution in [-0.2, 0) is 0 Å². The lowest BCUT2D eigenvalue weighted by Crippen LogP contribution is -2.50. The molecule has 0 spiro atoms. The van der Waals surface area contributed by atoms with Crippen LogP contribution in [0.2, 0.25) is 5.02 Å². The molecule has 1 aromatic carbocycles. The Morgan fingerprint density at radius 2 is 1.73 bits per heavy atom. The van der Waals surface area contributed by atoms with Crippen molar-refractivity contribution >= 4 is 23.4 Å². The van der Waals surface area contributed by atoms with Gasteiger partial charge in [0.2, 0.25) is 0 Å². The van der Waals surface area contributed by atoms with E-state index in [4.69, 9.17) is 11.6 Å². The second-order valence-corrected chi connectivity index (χ2v) is 7.01. The number of amides is 2. The minimum atomic E-state index is -0.640. The first-order valence-electron chi connectivity index (χ1n) is 8.45. The molecule has 1 fully saturated rings. The van der Waals surface area contributed by atoms with Crippen LogP contribution in [0, 0.1) is 5.82 Å². The predicted octanol–water partition coefficient (Wildman–Crippen LogP) is 2.92. The number of rotatable bonds is 3. The Kier molecular flexibility index (Phi) is 5.27. The van der Waals surface area contributed by atoms with Gasteiger partial charge >= 0.3 is 0 Å². The predicted molar refractivity (Wildman–Crippen MR) is 95.9 cm³/mol. The molecule has 0 unspecified atom stereocenters. The Morgan fingerprint density at radius 3 is 2.27 bits per heavy atom. The average molecular weight is 379 g/mol. The summed E-state index contributed by atoms with van der Waals surface area (Å²) in [6, 6.07) is 5.75. The summed E-state index contributed by atoms with van der Waals surface area (Å²) < 4.78 is 13.9. The lowest BCUT2D eigenvalue weighted by atomic mass is 10.1. The van der Waals surface area contributed by atoms with Crippen molar-refractivity contribution in [2.75, 3.05) is 26.2 Å². The van der Waals surface area contributed by atoms with Crippen molar-refractivity contribution in [3.63, 3.8) is 0 Å². The van der Waals surface area contributed by atoms with Gasteiger partial charge in [0.25, 0.3) is 11.8 Å². The number of piperazine rings is 1. The summed E-state index contributed by atoms with van der Waals surface area (Å²) in [5, 5.41) is 7.19. The van der Waals surface area contributed by atoms with Gasteiger partial charge in [-0.25, -0.2) is 4.39 Å². The van der Waals surface area contributed by atoms with E-state index in [2.05, 4.69) is 10.2 Å². The van der Waals surface area contributed by atoms with E-state index in [-0.39, 0.29) is 22.4 Å². The van der Waals surface area contributed by atoms with E-state index in [0.717, 1.165) is 11.8 Å². The number of nitrogens with zero attached hydrogens (tertiary/aromatic N) is 3. The quantitative estimate of drug-likeness (QED) is 0.892. The van der Waals surface area contributed by atoms with Crippen LogP contribution in [0.15, 0.2) is 24.3 Å². The molecule has 2 aromatic rings. The molecule has 1 saturated heterocycles. The molecule has 1 aromatic heterocycles. The van der Waals surface area contributed by atoms with Gasteiger partial charge in [-0.3, -0.25) is 14.7 Å². The van der Waals surface area contributed by atoms with Crippen molar-refractivity contribution < 1.29 is 14.0 Å². The third-order valence-electron chi connectivity index (χ3n) is 4.45. The number of aromatic nitrogens is 2. The van der Waals surface area contributed by atoms with Crippen molar-refractivity contribution in [3.8, 4) is 0 Å². The number of carbonyl (C=O) groups is 2. The zero-order chi connectivity index (χ0) is 18.8. The number of aromatic amines is 1. The zero-order valence-corrected chi connectivity index (χ0v) is 15.4. The molecule has 1 aliphatic heterocycles. The van der Waals surface area contributed by atoms with Crippen molar-refractivity contribution in [1.82, 2.24) is 20.0 Å². The molecule has 0 bridgehead atoms. The van der Waals surface area contributed by atoms with E-state index in [1.165, 1.54) is 12.1 Å². The lowest BCUT2D eigenvalue weighted by Gasteiger charge is -2.34. The Hall–Kier alpha value is -2.41. The maximum atomic E-state index is 13.9. The molecule has 6 nitrogen and oxygen atoms in total. The Morgan fingerprint density at radius 1 is 1.12 bits per heavy atom. The standard InChI is InChI=1S/C18H20ClFN4O2/c1-11(2)15-10-16(22-21-15)18(26)24-7-5-23(6-8-24)17(25)13-4-3-12(19)9-14(13)20/h3-4,9-11H,5-8H2,1-2H3,(H,21,22). The van der Waals surface area contributed by atoms with E-state index < -0.39 is 11.7 Å². The second-order valence-electron chi connectivity index (χ2n) is 6.57. The van der Waals surface area contributed by atoms with Crippen LogP contribution >= 0.6 is 11.6 Å². The number of halogens is 2. The summed E-state index contributed by atoms with van der Waals surface area (Å²) in [5.41, 5.74) is 1.26. The monoisotopic (exact) mass is 378 g/mol. The van der Waals surface area contributed by atoms with Gasteiger partial charge < -0.3 is 9.80 Å². The van der Waals surface area contributed by atoms with Crippen LogP contribution in [0.25, 0.3) is 0 Å². The summed E-state index contributed by atoms with van der Waals surface area (Å²) in [6.45, 7) is 5.47. The highest BCUT2D eigenvalue weighted by Gasteiger charge is 2.28. The third kappa shape index (κ3) is 3.72. The molecule has 0 saturated carbocycles. The number of hydrogen-bond donors (Lipinski definition) is 1. The van der Waals surface area contributed by atoms with Crippen LogP contribution in [0.1, 0.15) is 46.3 Å². The molecule has 0 radical (unpaired) electrons. The maximum absolute atomic E-state index is 13.9. The molecule has 138 valence electrons. The zero-order valence-electron chi connectivity index (χ0n) is 14.6. The van der Waals surface area contributed by atoms with Gasteiger partial charge in [0.1, 0.15) is 11.5 Å². The minimum absolute atomic E-state index is 0.0111. The van der Waals surface area contributed by atoms with Crippen LogP contribution < -0.4 is 0 Å². The van der Waals surface area contributed by atoms with Crippen LogP contribution in [-0.4, -0.2) is 58.0 Å². The van der Waals surface area contributed by atoms with Crippen LogP contribution in [0.3, 0.4) is 0 Å². The molecular weight excluding hydrogens is 359 g/mol. The van der Waals surface area contributed by atoms with E-state index >= 15 is 0 Å². The van der Waals surface area contributed by atoms with Gasteiger partial charge in [0.05, 0.1) is 5.56 Å². The molecular formula is C18H20ClFN4O2. The summed E-state index contributed by atoms with van der Waals surface area (Å²) in [7, 11) is 0. The number of carbonyl (C=O) groups excluding carboxylic acids is 2. The Balaban J connectivity index is 1.63. The summed E-state index contributed by atoms with van der Waals surface area (Å²) in [4.78, 5) is 28.2. The molecule has 0 atom stereocenters. The number of nitrogens with one attached hydrogen (secondary N) is 1. The molecule has 1 N–H and O–H groups in total. The van der Waals surface area contributed by atoms with Crippen LogP contribution in [0.4, 0.5) is 4.39 Å². The van der Waals surface area contributed by atoms with E-state index in [1.54, 1.807) is 15.9 Å². The molecule has 1 aliphatic rings. The van der Waals surface area contributed by atoms with Gasteiger partial charge in [-0.05, 0) is 30.2 Å². The number of benzene rings is 1. The largest absolute Gasteiger partial charge is 0.335 e. The lowest BCUT2D eigenvalue weighted by molar-refractivity contribution is 0.0529. The highest BCUT2D eigenvalue weighted by molar-refractivity contribution is 6.30. The SMILES string of the molecule is CC(C)c1cc(C(=O)N2CCN(C(=O)c3ccc(Cl)cc3F)CC2)n[nH]1. The normalized spacial score (nSPS) is 14.8. The van der Waals surface area contributed by atoms with Crippen molar-refractivity contribution in [2.45, 2.75) is 19.8 Å². The molecule has 3 rings (SSSR count).